The van der Waals surface area contributed by atoms with E-state index in [9.17, 15) is 9.59 Å². The SMILES string of the molecule is O=C(OC1NCC12CCC2)C(=O)OC1NCC12CCC2. The van der Waals surface area contributed by atoms with Gasteiger partial charge in [-0.15, -0.1) is 0 Å². The van der Waals surface area contributed by atoms with E-state index in [-0.39, 0.29) is 23.3 Å². The first-order valence-corrected chi connectivity index (χ1v) is 7.52. The summed E-state index contributed by atoms with van der Waals surface area (Å²) in [6.45, 7) is 1.76. The number of carbonyl (C=O) groups excluding carboxylic acids is 2. The van der Waals surface area contributed by atoms with Crippen molar-refractivity contribution in [3.63, 3.8) is 0 Å². The lowest BCUT2D eigenvalue weighted by Crippen LogP contribution is -2.68. The second-order valence-electron chi connectivity index (χ2n) is 6.76. The van der Waals surface area contributed by atoms with Crippen molar-refractivity contribution < 1.29 is 19.1 Å². The highest BCUT2D eigenvalue weighted by Crippen LogP contribution is 2.49. The van der Waals surface area contributed by atoms with Gasteiger partial charge >= 0.3 is 11.9 Å². The van der Waals surface area contributed by atoms with Crippen LogP contribution in [0.4, 0.5) is 0 Å². The van der Waals surface area contributed by atoms with Gasteiger partial charge in [-0.2, -0.15) is 0 Å². The van der Waals surface area contributed by atoms with Crippen molar-refractivity contribution in [1.29, 1.82) is 0 Å². The lowest BCUT2D eigenvalue weighted by molar-refractivity contribution is -0.208. The molecule has 2 heterocycles. The van der Waals surface area contributed by atoms with Crippen molar-refractivity contribution in [2.45, 2.75) is 51.0 Å². The number of nitrogens with one attached hydrogen (secondary N) is 2. The van der Waals surface area contributed by atoms with Crippen molar-refractivity contribution in [2.24, 2.45) is 10.8 Å². The topological polar surface area (TPSA) is 76.7 Å². The van der Waals surface area contributed by atoms with Gasteiger partial charge in [0.25, 0.3) is 0 Å². The molecule has 0 bridgehead atoms. The Morgan fingerprint density at radius 2 is 1.20 bits per heavy atom. The zero-order valence-electron chi connectivity index (χ0n) is 11.4. The first-order valence-electron chi connectivity index (χ1n) is 7.52. The van der Waals surface area contributed by atoms with Crippen LogP contribution in [0.25, 0.3) is 0 Å². The quantitative estimate of drug-likeness (QED) is 0.558. The van der Waals surface area contributed by atoms with Gasteiger partial charge in [0.1, 0.15) is 0 Å². The second-order valence-corrected chi connectivity index (χ2v) is 6.76. The van der Waals surface area contributed by atoms with E-state index in [2.05, 4.69) is 10.6 Å². The fourth-order valence-corrected chi connectivity index (χ4v) is 3.73. The van der Waals surface area contributed by atoms with Gasteiger partial charge in [-0.1, -0.05) is 12.8 Å². The van der Waals surface area contributed by atoms with E-state index in [1.54, 1.807) is 0 Å². The van der Waals surface area contributed by atoms with Crippen molar-refractivity contribution in [2.75, 3.05) is 13.1 Å². The van der Waals surface area contributed by atoms with Crippen LogP contribution in [0, 0.1) is 10.8 Å². The van der Waals surface area contributed by atoms with Gasteiger partial charge in [-0.05, 0) is 25.7 Å². The third kappa shape index (κ3) is 1.64. The molecule has 110 valence electrons. The van der Waals surface area contributed by atoms with Crippen molar-refractivity contribution in [3.05, 3.63) is 0 Å². The number of rotatable bonds is 2. The second kappa shape index (κ2) is 4.18. The molecular weight excluding hydrogens is 260 g/mol. The molecule has 2 atom stereocenters. The molecule has 2 aliphatic heterocycles. The predicted octanol–water partition coefficient (Wildman–Crippen LogP) is 0.272. The minimum Gasteiger partial charge on any atom is -0.437 e. The molecule has 2 N–H and O–H groups in total. The maximum atomic E-state index is 11.8. The fraction of sp³-hybridized carbons (Fsp3) is 0.857. The highest BCUT2D eigenvalue weighted by Gasteiger charge is 2.55. The molecular formula is C14H20N2O4. The van der Waals surface area contributed by atoms with Crippen LogP contribution >= 0.6 is 0 Å². The van der Waals surface area contributed by atoms with Gasteiger partial charge in [0.2, 0.25) is 0 Å². The Kier molecular flexibility index (Phi) is 2.63. The minimum absolute atomic E-state index is 0.0971. The summed E-state index contributed by atoms with van der Waals surface area (Å²) in [4.78, 5) is 23.6. The Hall–Kier alpha value is -1.14. The predicted molar refractivity (Wildman–Crippen MR) is 68.3 cm³/mol. The number of ether oxygens (including phenoxy) is 2. The summed E-state index contributed by atoms with van der Waals surface area (Å²) in [6.07, 6.45) is 6.02. The smallest absolute Gasteiger partial charge is 0.419 e. The fourth-order valence-electron chi connectivity index (χ4n) is 3.73. The summed E-state index contributed by atoms with van der Waals surface area (Å²) >= 11 is 0. The van der Waals surface area contributed by atoms with Gasteiger partial charge < -0.3 is 9.47 Å². The molecule has 0 radical (unpaired) electrons. The molecule has 6 heteroatoms. The highest BCUT2D eigenvalue weighted by molar-refractivity contribution is 6.29. The average Bonchev–Trinajstić information content (AvgIpc) is 2.25. The third-order valence-electron chi connectivity index (χ3n) is 5.71. The van der Waals surface area contributed by atoms with Crippen LogP contribution in [-0.4, -0.2) is 37.5 Å². The van der Waals surface area contributed by atoms with E-state index in [4.69, 9.17) is 9.47 Å². The molecule has 0 aromatic heterocycles. The monoisotopic (exact) mass is 280 g/mol. The Balaban J connectivity index is 1.29. The molecule has 2 unspecified atom stereocenters. The lowest BCUT2D eigenvalue weighted by Gasteiger charge is -2.55. The molecule has 2 saturated carbocycles. The summed E-state index contributed by atoms with van der Waals surface area (Å²) in [6, 6.07) is 0. The maximum absolute atomic E-state index is 11.8. The summed E-state index contributed by atoms with van der Waals surface area (Å²) in [5, 5.41) is 6.15. The van der Waals surface area contributed by atoms with E-state index in [0.717, 1.165) is 38.8 Å². The number of carbonyl (C=O) groups is 2. The number of esters is 2. The minimum atomic E-state index is -0.864. The van der Waals surface area contributed by atoms with Crippen LogP contribution in [0.1, 0.15) is 38.5 Å². The van der Waals surface area contributed by atoms with E-state index in [1.807, 2.05) is 0 Å². The van der Waals surface area contributed by atoms with Gasteiger partial charge in [0, 0.05) is 23.9 Å². The van der Waals surface area contributed by atoms with Gasteiger partial charge in [-0.3, -0.25) is 10.6 Å². The molecule has 20 heavy (non-hydrogen) atoms. The van der Waals surface area contributed by atoms with Gasteiger partial charge in [0.15, 0.2) is 12.5 Å². The molecule has 0 amide bonds. The van der Waals surface area contributed by atoms with Crippen LogP contribution in [0.15, 0.2) is 0 Å². The standard InChI is InChI=1S/C14H20N2O4/c17-9(19-11-13(7-15-11)3-1-4-13)10(18)20-12-14(8-16-12)5-2-6-14/h11-12,15-16H,1-8H2. The molecule has 2 spiro atoms. The van der Waals surface area contributed by atoms with Crippen LogP contribution in [0.2, 0.25) is 0 Å². The van der Waals surface area contributed by atoms with E-state index in [1.165, 1.54) is 12.8 Å². The van der Waals surface area contributed by atoms with Gasteiger partial charge in [0.05, 0.1) is 0 Å². The summed E-state index contributed by atoms with van der Waals surface area (Å²) in [5.41, 5.74) is 0.194. The van der Waals surface area contributed by atoms with Crippen LogP contribution in [0.3, 0.4) is 0 Å². The van der Waals surface area contributed by atoms with E-state index in [0.29, 0.717) is 0 Å². The molecule has 0 aromatic carbocycles. The summed E-state index contributed by atoms with van der Waals surface area (Å²) in [7, 11) is 0. The molecule has 6 nitrogen and oxygen atoms in total. The van der Waals surface area contributed by atoms with Crippen molar-refractivity contribution >= 4 is 11.9 Å². The maximum Gasteiger partial charge on any atom is 0.419 e. The Morgan fingerprint density at radius 3 is 1.40 bits per heavy atom. The zero-order chi connectivity index (χ0) is 13.8. The Bertz CT molecular complexity index is 403. The lowest BCUT2D eigenvalue weighted by atomic mass is 9.63. The van der Waals surface area contributed by atoms with Gasteiger partial charge in [-0.25, -0.2) is 9.59 Å². The van der Waals surface area contributed by atoms with E-state index >= 15 is 0 Å². The summed E-state index contributed by atoms with van der Waals surface area (Å²) < 4.78 is 10.5. The van der Waals surface area contributed by atoms with Crippen LogP contribution < -0.4 is 10.6 Å². The zero-order valence-corrected chi connectivity index (χ0v) is 11.4. The number of hydrogen-bond donors (Lipinski definition) is 2. The first kappa shape index (κ1) is 12.6. The van der Waals surface area contributed by atoms with E-state index < -0.39 is 11.9 Å². The molecule has 4 aliphatic rings. The van der Waals surface area contributed by atoms with Crippen LogP contribution in [-0.2, 0) is 19.1 Å². The van der Waals surface area contributed by atoms with Crippen LogP contribution in [0.5, 0.6) is 0 Å². The molecule has 0 aromatic rings. The first-order chi connectivity index (χ1) is 9.64. The molecule has 4 rings (SSSR count). The summed E-state index contributed by atoms with van der Waals surface area (Å²) in [5.74, 6) is -1.73. The average molecular weight is 280 g/mol. The number of hydrogen-bond acceptors (Lipinski definition) is 6. The molecule has 2 aliphatic carbocycles. The molecule has 4 fully saturated rings. The molecule has 2 saturated heterocycles. The highest BCUT2D eigenvalue weighted by atomic mass is 16.6. The normalized spacial score (nSPS) is 35.2. The Labute approximate surface area is 117 Å². The third-order valence-corrected chi connectivity index (χ3v) is 5.71. The Morgan fingerprint density at radius 1 is 0.800 bits per heavy atom. The largest absolute Gasteiger partial charge is 0.437 e. The van der Waals surface area contributed by atoms with Crippen molar-refractivity contribution in [3.8, 4) is 0 Å². The van der Waals surface area contributed by atoms with Crippen molar-refractivity contribution in [1.82, 2.24) is 10.6 Å².